The molecule has 110 valence electrons. The minimum atomic E-state index is -2.76. The normalized spacial score (nSPS) is 13.7. The first-order chi connectivity index (χ1) is 9.24. The van der Waals surface area contributed by atoms with Crippen LogP contribution < -0.4 is 5.73 Å². The molecule has 0 fully saturated rings. The van der Waals surface area contributed by atoms with E-state index < -0.39 is 8.80 Å². The monoisotopic (exact) mass is 286 g/mol. The minimum Gasteiger partial charge on any atom is -0.373 e. The fourth-order valence-electron chi connectivity index (χ4n) is 2.28. The van der Waals surface area contributed by atoms with Gasteiger partial charge in [0, 0.05) is 31.7 Å². The summed E-state index contributed by atoms with van der Waals surface area (Å²) in [5.74, 6) is 0. The molecule has 1 atom stereocenters. The summed E-state index contributed by atoms with van der Waals surface area (Å²) in [5.41, 5.74) is 6.90. The van der Waals surface area contributed by atoms with Gasteiger partial charge in [0.1, 0.15) is 0 Å². The van der Waals surface area contributed by atoms with Crippen molar-refractivity contribution in [3.8, 4) is 0 Å². The smallest absolute Gasteiger partial charge is 0.373 e. The van der Waals surface area contributed by atoms with Crippen LogP contribution in [0.2, 0.25) is 0 Å². The van der Waals surface area contributed by atoms with E-state index in [1.807, 2.05) is 39.1 Å². The molecule has 0 aliphatic rings. The predicted octanol–water partition coefficient (Wildman–Crippen LogP) is 2.03. The van der Waals surface area contributed by atoms with Gasteiger partial charge in [-0.15, -0.1) is 0 Å². The Morgan fingerprint density at radius 2 is 1.74 bits per heavy atom. The molecule has 1 aromatic rings. The molecule has 0 saturated heterocycles. The van der Waals surface area contributed by atoms with Crippen LogP contribution in [0.1, 0.15) is 38.4 Å². The molecule has 1 rings (SSSR count). The van der Waals surface area contributed by atoms with Crippen molar-refractivity contribution in [2.75, 3.05) is 26.4 Å². The highest BCUT2D eigenvalue weighted by Gasteiger charge is 2.50. The fraction of sp³-hybridized carbons (Fsp3) is 0.692. The molecule has 0 amide bonds. The summed E-state index contributed by atoms with van der Waals surface area (Å²) in [6.45, 7) is 8.21. The number of hydrogen-bond donors (Lipinski definition) is 2. The van der Waals surface area contributed by atoms with Gasteiger partial charge in [0.25, 0.3) is 0 Å². The van der Waals surface area contributed by atoms with Crippen molar-refractivity contribution in [2.24, 2.45) is 5.73 Å². The largest absolute Gasteiger partial charge is 0.510 e. The van der Waals surface area contributed by atoms with Crippen molar-refractivity contribution in [2.45, 2.75) is 32.7 Å². The van der Waals surface area contributed by atoms with Gasteiger partial charge in [-0.25, -0.2) is 0 Å². The molecule has 0 spiro atoms. The van der Waals surface area contributed by atoms with Gasteiger partial charge in [-0.3, -0.25) is 0 Å². The van der Waals surface area contributed by atoms with Crippen molar-refractivity contribution in [3.05, 3.63) is 24.0 Å². The van der Waals surface area contributed by atoms with E-state index in [9.17, 15) is 0 Å². The van der Waals surface area contributed by atoms with Crippen LogP contribution in [0.25, 0.3) is 0 Å². The molecule has 6 heteroatoms. The van der Waals surface area contributed by atoms with E-state index in [4.69, 9.17) is 19.0 Å². The zero-order valence-corrected chi connectivity index (χ0v) is 13.1. The SMILES string of the molecule is CCO[Si](OCC)(OCC)C(CCN)c1ccc[nH]1. The van der Waals surface area contributed by atoms with Crippen molar-refractivity contribution in [1.82, 2.24) is 4.98 Å². The van der Waals surface area contributed by atoms with E-state index in [-0.39, 0.29) is 5.54 Å². The van der Waals surface area contributed by atoms with E-state index >= 15 is 0 Å². The van der Waals surface area contributed by atoms with Gasteiger partial charge >= 0.3 is 8.80 Å². The first-order valence-electron chi connectivity index (χ1n) is 6.99. The fourth-order valence-corrected chi connectivity index (χ4v) is 5.42. The number of nitrogens with two attached hydrogens (primary N) is 1. The van der Waals surface area contributed by atoms with Gasteiger partial charge in [-0.05, 0) is 45.9 Å². The Labute approximate surface area is 116 Å². The average molecular weight is 286 g/mol. The third-order valence-electron chi connectivity index (χ3n) is 2.92. The predicted molar refractivity (Wildman–Crippen MR) is 77.8 cm³/mol. The maximum atomic E-state index is 5.97. The van der Waals surface area contributed by atoms with Crippen molar-refractivity contribution >= 4 is 8.80 Å². The lowest BCUT2D eigenvalue weighted by Crippen LogP contribution is -2.52. The van der Waals surface area contributed by atoms with Gasteiger partial charge in [-0.2, -0.15) is 0 Å². The third-order valence-corrected chi connectivity index (χ3v) is 6.44. The number of nitrogens with one attached hydrogen (secondary N) is 1. The Kier molecular flexibility index (Phi) is 7.33. The summed E-state index contributed by atoms with van der Waals surface area (Å²) in [6.07, 6.45) is 2.69. The van der Waals surface area contributed by atoms with E-state index in [2.05, 4.69) is 4.98 Å². The van der Waals surface area contributed by atoms with E-state index in [0.717, 1.165) is 12.1 Å². The number of hydrogen-bond acceptors (Lipinski definition) is 4. The molecule has 0 aliphatic carbocycles. The second-order valence-electron chi connectivity index (χ2n) is 4.16. The Balaban J connectivity index is 3.07. The molecule has 0 aromatic carbocycles. The number of rotatable bonds is 10. The van der Waals surface area contributed by atoms with Gasteiger partial charge in [-0.1, -0.05) is 0 Å². The zero-order valence-electron chi connectivity index (χ0n) is 12.1. The quantitative estimate of drug-likeness (QED) is 0.646. The van der Waals surface area contributed by atoms with Crippen LogP contribution in [-0.4, -0.2) is 40.2 Å². The van der Waals surface area contributed by atoms with Crippen LogP contribution in [0.4, 0.5) is 0 Å². The molecule has 3 N–H and O–H groups in total. The molecule has 1 aromatic heterocycles. The van der Waals surface area contributed by atoms with Gasteiger partial charge in [0.15, 0.2) is 0 Å². The second kappa shape index (κ2) is 8.50. The standard InChI is InChI=1S/C13H26N2O3Si/c1-4-16-19(17-5-2,18-6-3)13(9-10-14)12-8-7-11-15-12/h7-8,11,13,15H,4-6,9-10,14H2,1-3H3. The second-order valence-corrected chi connectivity index (χ2v) is 6.93. The number of aromatic amines is 1. The molecule has 0 radical (unpaired) electrons. The third kappa shape index (κ3) is 4.15. The van der Waals surface area contributed by atoms with E-state index in [1.54, 1.807) is 0 Å². The van der Waals surface area contributed by atoms with Crippen molar-refractivity contribution in [1.29, 1.82) is 0 Å². The van der Waals surface area contributed by atoms with Gasteiger partial charge < -0.3 is 24.0 Å². The summed E-state index contributed by atoms with van der Waals surface area (Å²) in [4.78, 5) is 3.24. The summed E-state index contributed by atoms with van der Waals surface area (Å²) in [7, 11) is -2.76. The van der Waals surface area contributed by atoms with E-state index in [0.29, 0.717) is 26.4 Å². The highest BCUT2D eigenvalue weighted by atomic mass is 28.4. The number of aromatic nitrogens is 1. The lowest BCUT2D eigenvalue weighted by atomic mass is 10.2. The lowest BCUT2D eigenvalue weighted by Gasteiger charge is -2.34. The van der Waals surface area contributed by atoms with Crippen molar-refractivity contribution in [3.63, 3.8) is 0 Å². The Hall–Kier alpha value is -0.663. The van der Waals surface area contributed by atoms with Gasteiger partial charge in [0.05, 0.1) is 5.54 Å². The van der Waals surface area contributed by atoms with Crippen LogP contribution in [0.3, 0.4) is 0 Å². The first-order valence-corrected chi connectivity index (χ1v) is 8.79. The molecule has 19 heavy (non-hydrogen) atoms. The Bertz CT molecular complexity index is 316. The van der Waals surface area contributed by atoms with E-state index in [1.165, 1.54) is 0 Å². The molecule has 0 saturated carbocycles. The summed E-state index contributed by atoms with van der Waals surface area (Å²) < 4.78 is 17.9. The molecule has 1 unspecified atom stereocenters. The van der Waals surface area contributed by atoms with Crippen LogP contribution in [0.15, 0.2) is 18.3 Å². The van der Waals surface area contributed by atoms with Crippen LogP contribution in [-0.2, 0) is 13.3 Å². The highest BCUT2D eigenvalue weighted by Crippen LogP contribution is 2.31. The van der Waals surface area contributed by atoms with Crippen molar-refractivity contribution < 1.29 is 13.3 Å². The Morgan fingerprint density at radius 1 is 1.16 bits per heavy atom. The average Bonchev–Trinajstić information content (AvgIpc) is 2.90. The summed E-state index contributed by atoms with van der Waals surface area (Å²) in [5, 5.41) is 0. The topological polar surface area (TPSA) is 69.5 Å². The maximum absolute atomic E-state index is 5.97. The molecule has 0 aliphatic heterocycles. The molecular formula is C13H26N2O3Si. The maximum Gasteiger partial charge on any atom is 0.510 e. The summed E-state index contributed by atoms with van der Waals surface area (Å²) in [6, 6.07) is 4.01. The van der Waals surface area contributed by atoms with Gasteiger partial charge in [0.2, 0.25) is 0 Å². The molecule has 1 heterocycles. The number of H-pyrrole nitrogens is 1. The first kappa shape index (κ1) is 16.4. The lowest BCUT2D eigenvalue weighted by molar-refractivity contribution is 0.0605. The molecule has 5 nitrogen and oxygen atoms in total. The molecular weight excluding hydrogens is 260 g/mol. The zero-order chi connectivity index (χ0) is 14.1. The Morgan fingerprint density at radius 3 is 2.11 bits per heavy atom. The molecule has 0 bridgehead atoms. The van der Waals surface area contributed by atoms with Crippen LogP contribution >= 0.6 is 0 Å². The van der Waals surface area contributed by atoms with Crippen LogP contribution in [0, 0.1) is 0 Å². The minimum absolute atomic E-state index is 0.0624. The summed E-state index contributed by atoms with van der Waals surface area (Å²) >= 11 is 0. The van der Waals surface area contributed by atoms with Crippen LogP contribution in [0.5, 0.6) is 0 Å². The highest BCUT2D eigenvalue weighted by molar-refractivity contribution is 6.62.